The molecule has 0 bridgehead atoms. The zero-order chi connectivity index (χ0) is 20.5. The molecule has 1 aliphatic heterocycles. The monoisotopic (exact) mass is 388 g/mol. The van der Waals surface area contributed by atoms with Crippen LogP contribution in [0.5, 0.6) is 0 Å². The van der Waals surface area contributed by atoms with Crippen LogP contribution in [0.1, 0.15) is 46.9 Å². The van der Waals surface area contributed by atoms with E-state index in [1.54, 1.807) is 6.20 Å². The number of fused-ring (bicyclic) bond motifs is 1. The maximum atomic E-state index is 13.4. The van der Waals surface area contributed by atoms with Crippen LogP contribution in [0.25, 0.3) is 11.0 Å². The number of aromatic nitrogens is 2. The van der Waals surface area contributed by atoms with E-state index in [-0.39, 0.29) is 5.91 Å². The van der Waals surface area contributed by atoms with Crippen molar-refractivity contribution in [2.75, 3.05) is 18.4 Å². The number of nitrogens with one attached hydrogen (secondary N) is 1. The highest BCUT2D eigenvalue weighted by molar-refractivity contribution is 6.07. The fraction of sp³-hybridized carbons (Fsp3) is 0.375. The van der Waals surface area contributed by atoms with Gasteiger partial charge in [0.05, 0.1) is 11.3 Å². The molecule has 1 unspecified atom stereocenters. The van der Waals surface area contributed by atoms with Crippen LogP contribution >= 0.6 is 0 Å². The first kappa shape index (κ1) is 19.4. The Kier molecular flexibility index (Phi) is 5.22. The number of likely N-dealkylation sites (tertiary alicyclic amines) is 1. The van der Waals surface area contributed by atoms with Gasteiger partial charge in [0.25, 0.3) is 5.91 Å². The van der Waals surface area contributed by atoms with Crippen molar-refractivity contribution in [2.24, 2.45) is 5.92 Å². The predicted molar refractivity (Wildman–Crippen MR) is 118 cm³/mol. The third-order valence-electron chi connectivity index (χ3n) is 5.82. The molecule has 5 nitrogen and oxygen atoms in total. The van der Waals surface area contributed by atoms with Crippen LogP contribution in [0.15, 0.2) is 36.5 Å². The molecule has 4 rings (SSSR count). The molecule has 3 heterocycles. The standard InChI is InChI=1S/C24H28N4O/c1-15-6-5-11-28(14-15)24(29)21-13-25-23-20(10-8-18(4)26-23)22(21)27-19-9-7-16(2)17(3)12-19/h7-10,12-13,15H,5-6,11,14H2,1-4H3,(H,25,26,27). The summed E-state index contributed by atoms with van der Waals surface area (Å²) in [5, 5.41) is 4.37. The Bertz CT molecular complexity index is 1080. The van der Waals surface area contributed by atoms with E-state index < -0.39 is 0 Å². The number of nitrogens with zero attached hydrogens (tertiary/aromatic N) is 3. The first-order valence-electron chi connectivity index (χ1n) is 10.3. The van der Waals surface area contributed by atoms with Crippen molar-refractivity contribution in [2.45, 2.75) is 40.5 Å². The van der Waals surface area contributed by atoms with Crippen LogP contribution in [0.3, 0.4) is 0 Å². The average Bonchev–Trinajstić information content (AvgIpc) is 2.70. The molecule has 29 heavy (non-hydrogen) atoms. The Balaban J connectivity index is 1.80. The van der Waals surface area contributed by atoms with E-state index >= 15 is 0 Å². The van der Waals surface area contributed by atoms with Crippen molar-refractivity contribution in [1.29, 1.82) is 0 Å². The number of aryl methyl sites for hydroxylation is 3. The number of anilines is 2. The quantitative estimate of drug-likeness (QED) is 0.672. The summed E-state index contributed by atoms with van der Waals surface area (Å²) in [5.74, 6) is 0.569. The van der Waals surface area contributed by atoms with Gasteiger partial charge in [0, 0.05) is 36.1 Å². The van der Waals surface area contributed by atoms with Gasteiger partial charge in [-0.3, -0.25) is 4.79 Å². The van der Waals surface area contributed by atoms with Crippen LogP contribution in [0.4, 0.5) is 11.4 Å². The summed E-state index contributed by atoms with van der Waals surface area (Å²) in [6.45, 7) is 9.95. The van der Waals surface area contributed by atoms with Crippen molar-refractivity contribution in [3.05, 3.63) is 58.9 Å². The number of rotatable bonds is 3. The SMILES string of the molecule is Cc1ccc2c(Nc3ccc(C)c(C)c3)c(C(=O)N3CCCC(C)C3)cnc2n1. The Morgan fingerprint density at radius 2 is 1.97 bits per heavy atom. The molecule has 1 saturated heterocycles. The van der Waals surface area contributed by atoms with Gasteiger partial charge in [-0.05, 0) is 74.9 Å². The fourth-order valence-electron chi connectivity index (χ4n) is 3.98. The predicted octanol–water partition coefficient (Wildman–Crippen LogP) is 5.17. The van der Waals surface area contributed by atoms with Gasteiger partial charge in [0.15, 0.2) is 5.65 Å². The lowest BCUT2D eigenvalue weighted by atomic mass is 9.99. The third kappa shape index (κ3) is 3.95. The van der Waals surface area contributed by atoms with Crippen LogP contribution in [0, 0.1) is 26.7 Å². The molecule has 2 aromatic heterocycles. The maximum absolute atomic E-state index is 13.4. The maximum Gasteiger partial charge on any atom is 0.257 e. The minimum absolute atomic E-state index is 0.0397. The molecule has 1 aliphatic rings. The number of hydrogen-bond donors (Lipinski definition) is 1. The highest BCUT2D eigenvalue weighted by atomic mass is 16.2. The molecule has 5 heteroatoms. The number of carbonyl (C=O) groups is 1. The molecule has 0 aliphatic carbocycles. The summed E-state index contributed by atoms with van der Waals surface area (Å²) in [6.07, 6.45) is 3.91. The zero-order valence-electron chi connectivity index (χ0n) is 17.6. The van der Waals surface area contributed by atoms with E-state index in [2.05, 4.69) is 48.2 Å². The van der Waals surface area contributed by atoms with E-state index in [0.29, 0.717) is 17.1 Å². The summed E-state index contributed by atoms with van der Waals surface area (Å²) in [4.78, 5) is 24.4. The summed E-state index contributed by atoms with van der Waals surface area (Å²) in [7, 11) is 0. The Morgan fingerprint density at radius 3 is 2.72 bits per heavy atom. The Labute approximate surface area is 172 Å². The largest absolute Gasteiger partial charge is 0.354 e. The molecule has 1 amide bonds. The topological polar surface area (TPSA) is 58.1 Å². The van der Waals surface area contributed by atoms with E-state index in [1.165, 1.54) is 17.5 Å². The minimum atomic E-state index is 0.0397. The van der Waals surface area contributed by atoms with Crippen molar-refractivity contribution in [3.8, 4) is 0 Å². The summed E-state index contributed by atoms with van der Waals surface area (Å²) in [6, 6.07) is 10.2. The number of hydrogen-bond acceptors (Lipinski definition) is 4. The Hall–Kier alpha value is -2.95. The molecular weight excluding hydrogens is 360 g/mol. The van der Waals surface area contributed by atoms with E-state index in [4.69, 9.17) is 0 Å². The smallest absolute Gasteiger partial charge is 0.257 e. The minimum Gasteiger partial charge on any atom is -0.354 e. The van der Waals surface area contributed by atoms with E-state index in [1.807, 2.05) is 30.0 Å². The molecule has 0 radical (unpaired) electrons. The van der Waals surface area contributed by atoms with Gasteiger partial charge in [-0.25, -0.2) is 9.97 Å². The molecule has 1 aromatic carbocycles. The molecule has 1 N–H and O–H groups in total. The van der Waals surface area contributed by atoms with E-state index in [9.17, 15) is 4.79 Å². The third-order valence-corrected chi connectivity index (χ3v) is 5.82. The van der Waals surface area contributed by atoms with Crippen molar-refractivity contribution < 1.29 is 4.79 Å². The lowest BCUT2D eigenvalue weighted by molar-refractivity contribution is 0.0684. The van der Waals surface area contributed by atoms with Crippen molar-refractivity contribution in [3.63, 3.8) is 0 Å². The summed E-state index contributed by atoms with van der Waals surface area (Å²) in [5.41, 5.74) is 6.36. The highest BCUT2D eigenvalue weighted by Gasteiger charge is 2.25. The van der Waals surface area contributed by atoms with Crippen LogP contribution in [0.2, 0.25) is 0 Å². The summed E-state index contributed by atoms with van der Waals surface area (Å²) >= 11 is 0. The van der Waals surface area contributed by atoms with Gasteiger partial charge in [-0.2, -0.15) is 0 Å². The van der Waals surface area contributed by atoms with Gasteiger partial charge >= 0.3 is 0 Å². The highest BCUT2D eigenvalue weighted by Crippen LogP contribution is 2.31. The lowest BCUT2D eigenvalue weighted by Crippen LogP contribution is -2.39. The Morgan fingerprint density at radius 1 is 1.14 bits per heavy atom. The number of piperidine rings is 1. The van der Waals surface area contributed by atoms with Gasteiger partial charge in [-0.15, -0.1) is 0 Å². The first-order chi connectivity index (χ1) is 13.9. The number of pyridine rings is 2. The number of benzene rings is 1. The first-order valence-corrected chi connectivity index (χ1v) is 10.3. The molecule has 0 saturated carbocycles. The van der Waals surface area contributed by atoms with Gasteiger partial charge in [-0.1, -0.05) is 13.0 Å². The molecule has 150 valence electrons. The molecular formula is C24H28N4O. The second-order valence-corrected chi connectivity index (χ2v) is 8.29. The molecule has 1 fully saturated rings. The van der Waals surface area contributed by atoms with Crippen LogP contribution < -0.4 is 5.32 Å². The zero-order valence-corrected chi connectivity index (χ0v) is 17.6. The second kappa shape index (κ2) is 7.82. The normalized spacial score (nSPS) is 16.8. The molecule has 0 spiro atoms. The number of amides is 1. The average molecular weight is 389 g/mol. The van der Waals surface area contributed by atoms with Crippen LogP contribution in [-0.4, -0.2) is 33.9 Å². The lowest BCUT2D eigenvalue weighted by Gasteiger charge is -2.31. The van der Waals surface area contributed by atoms with Gasteiger partial charge in [0.2, 0.25) is 0 Å². The number of carbonyl (C=O) groups excluding carboxylic acids is 1. The van der Waals surface area contributed by atoms with Gasteiger partial charge < -0.3 is 10.2 Å². The van der Waals surface area contributed by atoms with Gasteiger partial charge in [0.1, 0.15) is 0 Å². The summed E-state index contributed by atoms with van der Waals surface area (Å²) < 4.78 is 0. The van der Waals surface area contributed by atoms with Crippen molar-refractivity contribution >= 4 is 28.3 Å². The van der Waals surface area contributed by atoms with Crippen molar-refractivity contribution in [1.82, 2.24) is 14.9 Å². The fourth-order valence-corrected chi connectivity index (χ4v) is 3.98. The molecule has 3 aromatic rings. The second-order valence-electron chi connectivity index (χ2n) is 8.29. The van der Waals surface area contributed by atoms with E-state index in [0.717, 1.165) is 42.0 Å². The van der Waals surface area contributed by atoms with Crippen LogP contribution in [-0.2, 0) is 0 Å². The molecule has 1 atom stereocenters.